The Labute approximate surface area is 112 Å². The first-order valence-electron chi connectivity index (χ1n) is 5.24. The Hall–Kier alpha value is -0.792. The maximum absolute atomic E-state index is 11.6. The normalized spacial score (nSPS) is 10.9. The van der Waals surface area contributed by atoms with Crippen LogP contribution in [0.15, 0.2) is 24.3 Å². The fraction of sp³-hybridized carbons (Fsp3) is 0.333. The Morgan fingerprint density at radius 1 is 1.35 bits per heavy atom. The van der Waals surface area contributed by atoms with E-state index in [-0.39, 0.29) is 11.0 Å². The van der Waals surface area contributed by atoms with E-state index in [1.54, 1.807) is 12.1 Å². The summed E-state index contributed by atoms with van der Waals surface area (Å²) in [7, 11) is 0. The van der Waals surface area contributed by atoms with Crippen molar-refractivity contribution in [2.45, 2.75) is 24.5 Å². The summed E-state index contributed by atoms with van der Waals surface area (Å²) in [4.78, 5) is 21.9. The molecule has 0 atom stereocenters. The number of carbonyl (C=O) groups is 2. The number of benzene rings is 1. The minimum atomic E-state index is -0.798. The maximum atomic E-state index is 11.6. The van der Waals surface area contributed by atoms with Crippen LogP contribution in [0.5, 0.6) is 0 Å². The van der Waals surface area contributed by atoms with Crippen molar-refractivity contribution < 1.29 is 14.7 Å². The molecule has 3 nitrogen and oxygen atoms in total. The van der Waals surface area contributed by atoms with Gasteiger partial charge in [0, 0.05) is 0 Å². The van der Waals surface area contributed by atoms with Gasteiger partial charge in [0.05, 0.1) is 0 Å². The summed E-state index contributed by atoms with van der Waals surface area (Å²) in [6.07, 6.45) is 1.16. The number of aliphatic carboxylic acids is 1. The van der Waals surface area contributed by atoms with Crippen molar-refractivity contribution in [3.63, 3.8) is 0 Å². The van der Waals surface area contributed by atoms with Crippen molar-refractivity contribution in [1.29, 1.82) is 0 Å². The van der Waals surface area contributed by atoms with Crippen molar-refractivity contribution in [2.75, 3.05) is 0 Å². The Kier molecular flexibility index (Phi) is 6.31. The van der Waals surface area contributed by atoms with Gasteiger partial charge in [-0.3, -0.25) is 0 Å². The van der Waals surface area contributed by atoms with Crippen LogP contribution >= 0.6 is 11.6 Å². The first-order chi connectivity index (χ1) is 8.08. The molecule has 17 heavy (non-hydrogen) atoms. The summed E-state index contributed by atoms with van der Waals surface area (Å²) in [6, 6.07) is 7.27. The van der Waals surface area contributed by atoms with Gasteiger partial charge in [-0.25, -0.2) is 0 Å². The molecule has 0 fully saturated rings. The first-order valence-corrected chi connectivity index (χ1v) is 7.89. The molecular formula is C12H13AsClO3. The third-order valence-electron chi connectivity index (χ3n) is 2.08. The van der Waals surface area contributed by atoms with E-state index in [0.29, 0.717) is 17.9 Å². The number of hydrogen-bond acceptors (Lipinski definition) is 2. The summed E-state index contributed by atoms with van der Waals surface area (Å²) in [5.41, 5.74) is 0.927. The summed E-state index contributed by atoms with van der Waals surface area (Å²) in [6.45, 7) is 0. The topological polar surface area (TPSA) is 54.4 Å². The van der Waals surface area contributed by atoms with Crippen molar-refractivity contribution in [1.82, 2.24) is 0 Å². The van der Waals surface area contributed by atoms with Gasteiger partial charge in [-0.05, 0) is 0 Å². The number of rotatable bonds is 7. The molecule has 0 aromatic heterocycles. The van der Waals surface area contributed by atoms with E-state index >= 15 is 0 Å². The number of carbonyl (C=O) groups excluding carboxylic acids is 1. The second kappa shape index (κ2) is 7.52. The van der Waals surface area contributed by atoms with Gasteiger partial charge in [-0.15, -0.1) is 0 Å². The molecule has 5 heteroatoms. The number of halogens is 1. The fourth-order valence-corrected chi connectivity index (χ4v) is 3.33. The van der Waals surface area contributed by atoms with E-state index in [1.807, 2.05) is 12.1 Å². The second-order valence-corrected chi connectivity index (χ2v) is 6.66. The fourth-order valence-electron chi connectivity index (χ4n) is 1.31. The standard InChI is InChI=1S/C12H13AsClO3/c14-10-4-1-3-9(7-10)8-11(15)13-6-2-5-12(16)17/h1,3-4,7H,2,5-6,8H2,(H,16,17). The Bertz CT molecular complexity index is 406. The number of hydrogen-bond donors (Lipinski definition) is 1. The third kappa shape index (κ3) is 6.50. The molecule has 1 rings (SSSR count). The predicted octanol–water partition coefficient (Wildman–Crippen LogP) is 2.40. The van der Waals surface area contributed by atoms with Gasteiger partial charge in [0.15, 0.2) is 0 Å². The monoisotopic (exact) mass is 315 g/mol. The molecule has 1 radical (unpaired) electrons. The van der Waals surface area contributed by atoms with Crippen LogP contribution in [0.2, 0.25) is 10.2 Å². The molecule has 0 saturated carbocycles. The molecule has 0 bridgehead atoms. The zero-order valence-electron chi connectivity index (χ0n) is 9.23. The van der Waals surface area contributed by atoms with Crippen molar-refractivity contribution >= 4 is 37.9 Å². The Morgan fingerprint density at radius 2 is 2.12 bits per heavy atom. The Balaban J connectivity index is 2.27. The molecule has 0 unspecified atom stereocenters. The molecule has 0 aliphatic carbocycles. The van der Waals surface area contributed by atoms with Gasteiger partial charge >= 0.3 is 112 Å². The molecule has 0 aliphatic rings. The van der Waals surface area contributed by atoms with Gasteiger partial charge in [0.25, 0.3) is 0 Å². The third-order valence-corrected chi connectivity index (χ3v) is 4.52. The number of carboxylic acids is 1. The van der Waals surface area contributed by atoms with E-state index in [9.17, 15) is 9.59 Å². The Morgan fingerprint density at radius 3 is 2.76 bits per heavy atom. The molecule has 0 heterocycles. The average Bonchev–Trinajstić information content (AvgIpc) is 2.24. The predicted molar refractivity (Wildman–Crippen MR) is 67.6 cm³/mol. The average molecular weight is 316 g/mol. The molecule has 1 aromatic rings. The summed E-state index contributed by atoms with van der Waals surface area (Å²) in [5, 5.41) is 9.82. The van der Waals surface area contributed by atoms with Gasteiger partial charge < -0.3 is 0 Å². The summed E-state index contributed by atoms with van der Waals surface area (Å²) < 4.78 is 0.217. The molecule has 0 amide bonds. The van der Waals surface area contributed by atoms with E-state index in [0.717, 1.165) is 10.8 Å². The first kappa shape index (κ1) is 14.3. The van der Waals surface area contributed by atoms with Crippen LogP contribution in [-0.2, 0) is 16.0 Å². The second-order valence-electron chi connectivity index (χ2n) is 3.58. The van der Waals surface area contributed by atoms with Crippen LogP contribution in [0.1, 0.15) is 18.4 Å². The zero-order valence-corrected chi connectivity index (χ0v) is 11.9. The van der Waals surface area contributed by atoms with Crippen LogP contribution in [0.3, 0.4) is 0 Å². The SMILES string of the molecule is O=C(O)CCC[As]C(=O)Cc1cccc(Cl)c1. The molecule has 1 aromatic carbocycles. The van der Waals surface area contributed by atoms with Crippen LogP contribution < -0.4 is 0 Å². The summed E-state index contributed by atoms with van der Waals surface area (Å²) in [5.74, 6) is -0.798. The van der Waals surface area contributed by atoms with Crippen LogP contribution in [-0.4, -0.2) is 31.4 Å². The van der Waals surface area contributed by atoms with Crippen LogP contribution in [0.25, 0.3) is 0 Å². The van der Waals surface area contributed by atoms with Crippen molar-refractivity contribution in [2.24, 2.45) is 0 Å². The molecule has 0 spiro atoms. The van der Waals surface area contributed by atoms with E-state index < -0.39 is 21.7 Å². The van der Waals surface area contributed by atoms with Crippen LogP contribution in [0.4, 0.5) is 0 Å². The van der Waals surface area contributed by atoms with Crippen molar-refractivity contribution in [3.05, 3.63) is 34.9 Å². The molecule has 0 saturated heterocycles. The van der Waals surface area contributed by atoms with E-state index in [2.05, 4.69) is 0 Å². The molecular weight excluding hydrogens is 303 g/mol. The van der Waals surface area contributed by atoms with Gasteiger partial charge in [0.2, 0.25) is 0 Å². The minimum absolute atomic E-state index is 0.153. The van der Waals surface area contributed by atoms with Crippen LogP contribution in [0, 0.1) is 0 Å². The van der Waals surface area contributed by atoms with Crippen molar-refractivity contribution in [3.8, 4) is 0 Å². The number of carboxylic acid groups (broad SMARTS) is 1. The summed E-state index contributed by atoms with van der Waals surface area (Å²) >= 11 is 5.42. The van der Waals surface area contributed by atoms with Gasteiger partial charge in [-0.1, -0.05) is 0 Å². The quantitative estimate of drug-likeness (QED) is 0.621. The van der Waals surface area contributed by atoms with Gasteiger partial charge in [0.1, 0.15) is 0 Å². The molecule has 91 valence electrons. The molecule has 0 aliphatic heterocycles. The van der Waals surface area contributed by atoms with Gasteiger partial charge in [-0.2, -0.15) is 0 Å². The van der Waals surface area contributed by atoms with E-state index in [1.165, 1.54) is 0 Å². The van der Waals surface area contributed by atoms with E-state index in [4.69, 9.17) is 16.7 Å². The zero-order chi connectivity index (χ0) is 12.7. The molecule has 1 N–H and O–H groups in total.